The smallest absolute Gasteiger partial charge is 0.269 e. The molecule has 134 valence electrons. The SMILES string of the molecule is COc1cccc(OC)c1CN(C)S(=O)(=O)c1ccc([N+](=O)[O-])cc1. The zero-order valence-corrected chi connectivity index (χ0v) is 14.8. The number of non-ortho nitro benzene ring substituents is 1. The average molecular weight is 366 g/mol. The molecule has 0 heterocycles. The molecular weight excluding hydrogens is 348 g/mol. The summed E-state index contributed by atoms with van der Waals surface area (Å²) >= 11 is 0. The van der Waals surface area contributed by atoms with Crippen LogP contribution in [0.4, 0.5) is 5.69 Å². The standard InChI is InChI=1S/C16H18N2O6S/c1-17(11-14-15(23-2)5-4-6-16(14)24-3)25(21,22)13-9-7-12(8-10-13)18(19)20/h4-10H,11H2,1-3H3. The molecule has 0 aromatic heterocycles. The summed E-state index contributed by atoms with van der Waals surface area (Å²) in [6.45, 7) is 0.0203. The van der Waals surface area contributed by atoms with Gasteiger partial charge in [-0.3, -0.25) is 10.1 Å². The van der Waals surface area contributed by atoms with Gasteiger partial charge in [-0.1, -0.05) is 6.07 Å². The number of methoxy groups -OCH3 is 2. The van der Waals surface area contributed by atoms with Crippen molar-refractivity contribution >= 4 is 15.7 Å². The van der Waals surface area contributed by atoms with E-state index < -0.39 is 14.9 Å². The Balaban J connectivity index is 2.34. The summed E-state index contributed by atoms with van der Waals surface area (Å²) < 4.78 is 37.1. The molecule has 0 aliphatic rings. The summed E-state index contributed by atoms with van der Waals surface area (Å²) in [6, 6.07) is 9.90. The van der Waals surface area contributed by atoms with E-state index in [1.807, 2.05) is 0 Å². The van der Waals surface area contributed by atoms with Crippen molar-refractivity contribution in [2.45, 2.75) is 11.4 Å². The van der Waals surface area contributed by atoms with E-state index in [4.69, 9.17) is 9.47 Å². The molecule has 0 aliphatic carbocycles. The van der Waals surface area contributed by atoms with Crippen LogP contribution < -0.4 is 9.47 Å². The molecule has 0 atom stereocenters. The van der Waals surface area contributed by atoms with Gasteiger partial charge in [-0.15, -0.1) is 0 Å². The lowest BCUT2D eigenvalue weighted by Crippen LogP contribution is -2.27. The molecule has 0 unspecified atom stereocenters. The van der Waals surface area contributed by atoms with Gasteiger partial charge in [0.2, 0.25) is 10.0 Å². The minimum Gasteiger partial charge on any atom is -0.496 e. The van der Waals surface area contributed by atoms with Crippen molar-refractivity contribution in [1.29, 1.82) is 0 Å². The predicted molar refractivity (Wildman–Crippen MR) is 91.3 cm³/mol. The molecule has 0 saturated heterocycles. The zero-order valence-electron chi connectivity index (χ0n) is 14.0. The molecule has 0 radical (unpaired) electrons. The van der Waals surface area contributed by atoms with Gasteiger partial charge in [-0.25, -0.2) is 8.42 Å². The Labute approximate surface area is 145 Å². The Bertz CT molecular complexity index is 842. The van der Waals surface area contributed by atoms with Crippen LogP contribution in [0.1, 0.15) is 5.56 Å². The van der Waals surface area contributed by atoms with Gasteiger partial charge in [0.1, 0.15) is 11.5 Å². The minimum atomic E-state index is -3.83. The number of hydrogen-bond acceptors (Lipinski definition) is 6. The first-order valence-electron chi connectivity index (χ1n) is 7.22. The molecule has 25 heavy (non-hydrogen) atoms. The lowest BCUT2D eigenvalue weighted by molar-refractivity contribution is -0.384. The molecule has 2 rings (SSSR count). The van der Waals surface area contributed by atoms with E-state index in [1.54, 1.807) is 18.2 Å². The summed E-state index contributed by atoms with van der Waals surface area (Å²) in [5.41, 5.74) is 0.411. The monoisotopic (exact) mass is 366 g/mol. The van der Waals surface area contributed by atoms with Crippen LogP contribution >= 0.6 is 0 Å². The lowest BCUT2D eigenvalue weighted by Gasteiger charge is -2.20. The second-order valence-corrected chi connectivity index (χ2v) is 7.20. The molecule has 0 fully saturated rings. The maximum absolute atomic E-state index is 12.7. The zero-order chi connectivity index (χ0) is 18.6. The van der Waals surface area contributed by atoms with Crippen LogP contribution in [0.2, 0.25) is 0 Å². The minimum absolute atomic E-state index is 0.0203. The van der Waals surface area contributed by atoms with Gasteiger partial charge in [-0.05, 0) is 24.3 Å². The maximum atomic E-state index is 12.7. The summed E-state index contributed by atoms with van der Waals surface area (Å²) in [6.07, 6.45) is 0. The van der Waals surface area contributed by atoms with E-state index in [9.17, 15) is 18.5 Å². The fourth-order valence-electron chi connectivity index (χ4n) is 2.31. The van der Waals surface area contributed by atoms with Crippen LogP contribution in [0.15, 0.2) is 47.4 Å². The first kappa shape index (κ1) is 18.7. The quantitative estimate of drug-likeness (QED) is 0.551. The molecular formula is C16H18N2O6S. The number of nitro benzene ring substituents is 1. The topological polar surface area (TPSA) is 99.0 Å². The van der Waals surface area contributed by atoms with Gasteiger partial charge < -0.3 is 9.47 Å². The third-order valence-corrected chi connectivity index (χ3v) is 5.48. The van der Waals surface area contributed by atoms with E-state index in [1.165, 1.54) is 33.4 Å². The Kier molecular flexibility index (Phi) is 5.60. The van der Waals surface area contributed by atoms with Crippen molar-refractivity contribution < 1.29 is 22.8 Å². The fraction of sp³-hybridized carbons (Fsp3) is 0.250. The largest absolute Gasteiger partial charge is 0.496 e. The van der Waals surface area contributed by atoms with Gasteiger partial charge in [0.15, 0.2) is 0 Å². The number of benzene rings is 2. The highest BCUT2D eigenvalue weighted by Crippen LogP contribution is 2.31. The average Bonchev–Trinajstić information content (AvgIpc) is 2.61. The van der Waals surface area contributed by atoms with Crippen molar-refractivity contribution in [3.05, 3.63) is 58.1 Å². The highest BCUT2D eigenvalue weighted by Gasteiger charge is 2.24. The first-order chi connectivity index (χ1) is 11.8. The van der Waals surface area contributed by atoms with E-state index in [0.717, 1.165) is 16.4 Å². The molecule has 2 aromatic carbocycles. The van der Waals surface area contributed by atoms with Crippen LogP contribution in [0.3, 0.4) is 0 Å². The highest BCUT2D eigenvalue weighted by atomic mass is 32.2. The second kappa shape index (κ2) is 7.49. The first-order valence-corrected chi connectivity index (χ1v) is 8.66. The molecule has 0 spiro atoms. The van der Waals surface area contributed by atoms with Crippen molar-refractivity contribution in [3.63, 3.8) is 0 Å². The van der Waals surface area contributed by atoms with Crippen LogP contribution in [0, 0.1) is 10.1 Å². The number of sulfonamides is 1. The van der Waals surface area contributed by atoms with Crippen molar-refractivity contribution in [2.24, 2.45) is 0 Å². The molecule has 0 bridgehead atoms. The van der Waals surface area contributed by atoms with Gasteiger partial charge in [0, 0.05) is 25.7 Å². The van der Waals surface area contributed by atoms with Gasteiger partial charge in [0.05, 0.1) is 29.6 Å². The fourth-order valence-corrected chi connectivity index (χ4v) is 3.45. The van der Waals surface area contributed by atoms with E-state index in [-0.39, 0.29) is 17.1 Å². The lowest BCUT2D eigenvalue weighted by atomic mass is 10.1. The summed E-state index contributed by atoms with van der Waals surface area (Å²) in [5.74, 6) is 1.01. The van der Waals surface area contributed by atoms with Gasteiger partial charge in [0.25, 0.3) is 5.69 Å². The van der Waals surface area contributed by atoms with Crippen LogP contribution in [-0.4, -0.2) is 38.9 Å². The predicted octanol–water partition coefficient (Wildman–Crippen LogP) is 2.43. The van der Waals surface area contributed by atoms with E-state index in [0.29, 0.717) is 17.1 Å². The third-order valence-electron chi connectivity index (χ3n) is 3.67. The van der Waals surface area contributed by atoms with Crippen LogP contribution in [0.5, 0.6) is 11.5 Å². The summed E-state index contributed by atoms with van der Waals surface area (Å²) in [4.78, 5) is 10.1. The highest BCUT2D eigenvalue weighted by molar-refractivity contribution is 7.89. The number of nitrogens with zero attached hydrogens (tertiary/aromatic N) is 2. The van der Waals surface area contributed by atoms with Gasteiger partial charge >= 0.3 is 0 Å². The number of nitro groups is 1. The molecule has 0 amide bonds. The normalized spacial score (nSPS) is 11.4. The molecule has 0 N–H and O–H groups in total. The molecule has 2 aromatic rings. The Hall–Kier alpha value is -2.65. The second-order valence-electron chi connectivity index (χ2n) is 5.15. The maximum Gasteiger partial charge on any atom is 0.269 e. The van der Waals surface area contributed by atoms with Crippen LogP contribution in [0.25, 0.3) is 0 Å². The third kappa shape index (κ3) is 3.89. The van der Waals surface area contributed by atoms with Crippen LogP contribution in [-0.2, 0) is 16.6 Å². The summed E-state index contributed by atoms with van der Waals surface area (Å²) in [5, 5.41) is 10.7. The molecule has 0 aliphatic heterocycles. The number of hydrogen-bond donors (Lipinski definition) is 0. The van der Waals surface area contributed by atoms with Crippen molar-refractivity contribution in [2.75, 3.05) is 21.3 Å². The molecule has 0 saturated carbocycles. The van der Waals surface area contributed by atoms with E-state index >= 15 is 0 Å². The molecule has 8 nitrogen and oxygen atoms in total. The Morgan fingerprint density at radius 1 is 1.04 bits per heavy atom. The Morgan fingerprint density at radius 3 is 2.00 bits per heavy atom. The van der Waals surface area contributed by atoms with E-state index in [2.05, 4.69) is 0 Å². The summed E-state index contributed by atoms with van der Waals surface area (Å²) in [7, 11) is 0.568. The van der Waals surface area contributed by atoms with Gasteiger partial charge in [-0.2, -0.15) is 4.31 Å². The molecule has 9 heteroatoms. The Morgan fingerprint density at radius 2 is 1.56 bits per heavy atom. The van der Waals surface area contributed by atoms with Crippen molar-refractivity contribution in [3.8, 4) is 11.5 Å². The number of ether oxygens (including phenoxy) is 2. The van der Waals surface area contributed by atoms with Crippen molar-refractivity contribution in [1.82, 2.24) is 4.31 Å². The number of rotatable bonds is 7.